The number of rotatable bonds is 1. The third-order valence-electron chi connectivity index (χ3n) is 4.73. The molecule has 0 radical (unpaired) electrons. The van der Waals surface area contributed by atoms with E-state index in [1.165, 1.54) is 12.3 Å². The standard InChI is InChI=1S/C21H15ClN2O3/c1-12(2)9-18(25)24-21(17-10-14(22)8-7-13(17)11-23-24)19(26)15-5-3-4-6-16(15)20(21)27/h3-11H,1-2H3. The van der Waals surface area contributed by atoms with E-state index >= 15 is 0 Å². The van der Waals surface area contributed by atoms with Crippen molar-refractivity contribution in [3.63, 3.8) is 0 Å². The summed E-state index contributed by atoms with van der Waals surface area (Å²) in [5.74, 6) is -1.48. The quantitative estimate of drug-likeness (QED) is 0.560. The van der Waals surface area contributed by atoms with Crippen molar-refractivity contribution < 1.29 is 14.4 Å². The largest absolute Gasteiger partial charge is 0.290 e. The van der Waals surface area contributed by atoms with E-state index in [2.05, 4.69) is 5.10 Å². The minimum absolute atomic E-state index is 0.278. The van der Waals surface area contributed by atoms with Crippen molar-refractivity contribution in [1.82, 2.24) is 5.01 Å². The van der Waals surface area contributed by atoms with Gasteiger partial charge >= 0.3 is 0 Å². The molecule has 2 aromatic rings. The smallest absolute Gasteiger partial charge is 0.268 e. The van der Waals surface area contributed by atoms with Crippen molar-refractivity contribution in [3.05, 3.63) is 81.4 Å². The van der Waals surface area contributed by atoms with Crippen molar-refractivity contribution in [2.75, 3.05) is 0 Å². The molecule has 134 valence electrons. The first-order valence-corrected chi connectivity index (χ1v) is 8.77. The van der Waals surface area contributed by atoms with E-state index in [1.54, 1.807) is 56.3 Å². The Hall–Kier alpha value is -3.05. The van der Waals surface area contributed by atoms with Crippen molar-refractivity contribution >= 4 is 35.3 Å². The second kappa shape index (κ2) is 5.99. The highest BCUT2D eigenvalue weighted by Crippen LogP contribution is 2.46. The van der Waals surface area contributed by atoms with E-state index < -0.39 is 23.0 Å². The molecule has 0 atom stereocenters. The summed E-state index contributed by atoms with van der Waals surface area (Å²) >= 11 is 6.17. The molecule has 0 unspecified atom stereocenters. The Bertz CT molecular complexity index is 1050. The van der Waals surface area contributed by atoms with Crippen LogP contribution in [0.3, 0.4) is 0 Å². The normalized spacial score (nSPS) is 16.3. The van der Waals surface area contributed by atoms with Crippen LogP contribution >= 0.6 is 11.6 Å². The van der Waals surface area contributed by atoms with Gasteiger partial charge in [0.25, 0.3) is 5.91 Å². The number of fused-ring (bicyclic) bond motifs is 3. The van der Waals surface area contributed by atoms with Gasteiger partial charge in [-0.25, -0.2) is 5.01 Å². The summed E-state index contributed by atoms with van der Waals surface area (Å²) in [6.07, 6.45) is 2.83. The summed E-state index contributed by atoms with van der Waals surface area (Å²) in [5, 5.41) is 5.56. The number of halogens is 1. The van der Waals surface area contributed by atoms with E-state index in [9.17, 15) is 14.4 Å². The zero-order valence-corrected chi connectivity index (χ0v) is 15.4. The maximum absolute atomic E-state index is 13.5. The molecule has 1 aliphatic heterocycles. The van der Waals surface area contributed by atoms with Gasteiger partial charge in [-0.15, -0.1) is 0 Å². The van der Waals surface area contributed by atoms with E-state index in [0.717, 1.165) is 10.6 Å². The molecule has 1 spiro atoms. The lowest BCUT2D eigenvalue weighted by Gasteiger charge is -2.38. The third kappa shape index (κ3) is 2.32. The Kier molecular flexibility index (Phi) is 3.86. The van der Waals surface area contributed by atoms with Crippen LogP contribution < -0.4 is 0 Å². The van der Waals surface area contributed by atoms with Gasteiger partial charge in [-0.05, 0) is 26.0 Å². The maximum atomic E-state index is 13.5. The van der Waals surface area contributed by atoms with Gasteiger partial charge in [0.05, 0.1) is 6.21 Å². The molecule has 1 aliphatic carbocycles. The highest BCUT2D eigenvalue weighted by molar-refractivity contribution is 6.35. The number of hydrogen-bond acceptors (Lipinski definition) is 4. The minimum atomic E-state index is -1.87. The first-order chi connectivity index (χ1) is 12.9. The van der Waals surface area contributed by atoms with Crippen LogP contribution in [0, 0.1) is 0 Å². The molecule has 2 aromatic carbocycles. The molecule has 0 N–H and O–H groups in total. The molecule has 0 bridgehead atoms. The Morgan fingerprint density at radius 3 is 2.30 bits per heavy atom. The minimum Gasteiger partial charge on any atom is -0.290 e. The Morgan fingerprint density at radius 1 is 1.07 bits per heavy atom. The molecule has 6 heteroatoms. The fraction of sp³-hybridized carbons (Fsp3) is 0.143. The van der Waals surface area contributed by atoms with Gasteiger partial charge in [0, 0.05) is 33.4 Å². The van der Waals surface area contributed by atoms with Gasteiger partial charge in [0.2, 0.25) is 17.1 Å². The maximum Gasteiger partial charge on any atom is 0.268 e. The molecule has 1 amide bonds. The predicted octanol–water partition coefficient (Wildman–Crippen LogP) is 3.76. The summed E-state index contributed by atoms with van der Waals surface area (Å²) in [5.41, 5.74) is 0.363. The average molecular weight is 379 g/mol. The predicted molar refractivity (Wildman–Crippen MR) is 102 cm³/mol. The molecule has 2 aliphatic rings. The lowest BCUT2D eigenvalue weighted by Crippen LogP contribution is -2.56. The molecule has 27 heavy (non-hydrogen) atoms. The van der Waals surface area contributed by atoms with Crippen LogP contribution in [0.2, 0.25) is 5.02 Å². The number of carbonyl (C=O) groups excluding carboxylic acids is 3. The summed E-state index contributed by atoms with van der Waals surface area (Å²) < 4.78 is 0. The van der Waals surface area contributed by atoms with Gasteiger partial charge < -0.3 is 0 Å². The van der Waals surface area contributed by atoms with Gasteiger partial charge in [-0.3, -0.25) is 14.4 Å². The number of carbonyl (C=O) groups is 3. The number of hydrogen-bond donors (Lipinski definition) is 0. The number of ketones is 2. The SMILES string of the molecule is CC(C)=CC(=O)N1N=Cc2ccc(Cl)cc2C12C(=O)c1ccccc1C2=O. The average Bonchev–Trinajstić information content (AvgIpc) is 2.85. The van der Waals surface area contributed by atoms with Crippen molar-refractivity contribution in [1.29, 1.82) is 0 Å². The second-order valence-electron chi connectivity index (χ2n) is 6.76. The Morgan fingerprint density at radius 2 is 1.70 bits per heavy atom. The number of Topliss-reactive ketones (excluding diaryl/α,β-unsaturated/α-hetero) is 2. The monoisotopic (exact) mass is 378 g/mol. The van der Waals surface area contributed by atoms with E-state index in [4.69, 9.17) is 11.6 Å². The molecule has 0 saturated heterocycles. The lowest BCUT2D eigenvalue weighted by molar-refractivity contribution is -0.130. The molecule has 4 rings (SSSR count). The van der Waals surface area contributed by atoms with Crippen LogP contribution in [-0.2, 0) is 10.3 Å². The molecular weight excluding hydrogens is 364 g/mol. The number of benzene rings is 2. The highest BCUT2D eigenvalue weighted by atomic mass is 35.5. The Balaban J connectivity index is 2.05. The summed E-state index contributed by atoms with van der Waals surface area (Å²) in [7, 11) is 0. The van der Waals surface area contributed by atoms with E-state index in [-0.39, 0.29) is 11.1 Å². The fourth-order valence-electron chi connectivity index (χ4n) is 3.61. The lowest BCUT2D eigenvalue weighted by atomic mass is 9.80. The van der Waals surface area contributed by atoms with Gasteiger partial charge in [-0.1, -0.05) is 47.5 Å². The van der Waals surface area contributed by atoms with Gasteiger partial charge in [0.1, 0.15) is 0 Å². The Labute approximate surface area is 160 Å². The molecule has 0 aromatic heterocycles. The second-order valence-corrected chi connectivity index (χ2v) is 7.20. The van der Waals surface area contributed by atoms with E-state index in [1.807, 2.05) is 0 Å². The molecule has 1 heterocycles. The third-order valence-corrected chi connectivity index (χ3v) is 4.96. The molecule has 0 saturated carbocycles. The molecule has 0 fully saturated rings. The van der Waals surface area contributed by atoms with Crippen LogP contribution in [0.1, 0.15) is 45.7 Å². The van der Waals surface area contributed by atoms with Crippen LogP contribution in [-0.4, -0.2) is 28.7 Å². The summed E-state index contributed by atoms with van der Waals surface area (Å²) in [6.45, 7) is 3.52. The van der Waals surface area contributed by atoms with Crippen molar-refractivity contribution in [2.45, 2.75) is 19.4 Å². The highest BCUT2D eigenvalue weighted by Gasteiger charge is 2.61. The summed E-state index contributed by atoms with van der Waals surface area (Å²) in [6, 6.07) is 11.5. The van der Waals surface area contributed by atoms with Crippen LogP contribution in [0.4, 0.5) is 0 Å². The molecule has 5 nitrogen and oxygen atoms in total. The van der Waals surface area contributed by atoms with Crippen molar-refractivity contribution in [3.8, 4) is 0 Å². The van der Waals surface area contributed by atoms with Crippen LogP contribution in [0.25, 0.3) is 0 Å². The van der Waals surface area contributed by atoms with Gasteiger partial charge in [0.15, 0.2) is 0 Å². The zero-order chi connectivity index (χ0) is 19.3. The first-order valence-electron chi connectivity index (χ1n) is 8.39. The summed E-state index contributed by atoms with van der Waals surface area (Å²) in [4.78, 5) is 39.9. The number of allylic oxidation sites excluding steroid dienone is 1. The number of hydrazone groups is 1. The van der Waals surface area contributed by atoms with Crippen LogP contribution in [0.15, 0.2) is 59.2 Å². The van der Waals surface area contributed by atoms with Crippen molar-refractivity contribution in [2.24, 2.45) is 5.10 Å². The number of nitrogens with zero attached hydrogens (tertiary/aromatic N) is 2. The first kappa shape index (κ1) is 17.4. The topological polar surface area (TPSA) is 66.8 Å². The zero-order valence-electron chi connectivity index (χ0n) is 14.7. The molecular formula is C21H15ClN2O3. The van der Waals surface area contributed by atoms with Crippen LogP contribution in [0.5, 0.6) is 0 Å². The number of amides is 1. The van der Waals surface area contributed by atoms with E-state index in [0.29, 0.717) is 16.1 Å². The fourth-order valence-corrected chi connectivity index (χ4v) is 3.79. The van der Waals surface area contributed by atoms with Gasteiger partial charge in [-0.2, -0.15) is 5.10 Å².